The molecular weight excluding hydrogens is 494 g/mol. The standard InChI is InChI=1S/C25H29ClF2N4O2S/c26-18-4-2-16(3-5-18)17-6-10-23(11-7-17)12-32(13-23)22-29-20-19(35(34)15-25(20,27)28)21(30-22)31-24(14-33)8-1-9-24/h2-5,17,33H,1,6-15H2,(H,29,30,31). The number of benzene rings is 1. The summed E-state index contributed by atoms with van der Waals surface area (Å²) in [5.41, 5.74) is 0.465. The van der Waals surface area contributed by atoms with Gasteiger partial charge in [-0.25, -0.2) is 4.98 Å². The van der Waals surface area contributed by atoms with Gasteiger partial charge in [0, 0.05) is 23.5 Å². The van der Waals surface area contributed by atoms with Crippen molar-refractivity contribution in [3.63, 3.8) is 0 Å². The first kappa shape index (κ1) is 23.6. The Labute approximate surface area is 210 Å². The second kappa shape index (κ2) is 8.35. The Morgan fingerprint density at radius 3 is 2.40 bits per heavy atom. The van der Waals surface area contributed by atoms with Crippen molar-refractivity contribution in [2.45, 2.75) is 67.2 Å². The van der Waals surface area contributed by atoms with Crippen LogP contribution in [0.25, 0.3) is 0 Å². The fourth-order valence-corrected chi connectivity index (χ4v) is 7.59. The maximum absolute atomic E-state index is 14.7. The number of hydrogen-bond donors (Lipinski definition) is 2. The maximum atomic E-state index is 14.7. The molecule has 10 heteroatoms. The van der Waals surface area contributed by atoms with E-state index in [-0.39, 0.29) is 28.7 Å². The monoisotopic (exact) mass is 522 g/mol. The maximum Gasteiger partial charge on any atom is 0.302 e. The summed E-state index contributed by atoms with van der Waals surface area (Å²) >= 11 is 6.03. The van der Waals surface area contributed by atoms with Gasteiger partial charge in [-0.15, -0.1) is 0 Å². The average molecular weight is 523 g/mol. The smallest absolute Gasteiger partial charge is 0.302 e. The van der Waals surface area contributed by atoms with Crippen LogP contribution >= 0.6 is 11.6 Å². The van der Waals surface area contributed by atoms with Crippen LogP contribution in [0.1, 0.15) is 62.1 Å². The molecule has 3 heterocycles. The minimum Gasteiger partial charge on any atom is -0.394 e. The van der Waals surface area contributed by atoms with Gasteiger partial charge in [0.05, 0.1) is 28.7 Å². The van der Waals surface area contributed by atoms with Gasteiger partial charge in [0.15, 0.2) is 0 Å². The van der Waals surface area contributed by atoms with Crippen LogP contribution in [0, 0.1) is 5.41 Å². The Kier molecular flexibility index (Phi) is 5.62. The zero-order chi connectivity index (χ0) is 24.4. The van der Waals surface area contributed by atoms with Gasteiger partial charge in [0.25, 0.3) is 0 Å². The van der Waals surface area contributed by atoms with Gasteiger partial charge in [0.1, 0.15) is 16.4 Å². The van der Waals surface area contributed by atoms with E-state index in [9.17, 15) is 18.1 Å². The van der Waals surface area contributed by atoms with E-state index in [1.807, 2.05) is 17.0 Å². The molecule has 1 atom stereocenters. The fraction of sp³-hybridized carbons (Fsp3) is 0.600. The van der Waals surface area contributed by atoms with Crippen LogP contribution in [0.15, 0.2) is 29.2 Å². The summed E-state index contributed by atoms with van der Waals surface area (Å²) in [6.45, 7) is 1.35. The minimum absolute atomic E-state index is 0.00261. The number of alkyl halides is 2. The third-order valence-corrected chi connectivity index (χ3v) is 10.2. The molecule has 188 valence electrons. The molecule has 0 bridgehead atoms. The quantitative estimate of drug-likeness (QED) is 0.585. The molecule has 2 N–H and O–H groups in total. The number of fused-ring (bicyclic) bond motifs is 1. The molecule has 2 aliphatic heterocycles. The van der Waals surface area contributed by atoms with E-state index in [2.05, 4.69) is 27.4 Å². The normalized spacial score (nSPS) is 26.2. The second-order valence-corrected chi connectivity index (χ2v) is 12.7. The highest BCUT2D eigenvalue weighted by atomic mass is 35.5. The summed E-state index contributed by atoms with van der Waals surface area (Å²) in [6, 6.07) is 8.10. The summed E-state index contributed by atoms with van der Waals surface area (Å²) in [5, 5.41) is 13.8. The molecule has 2 aromatic rings. The van der Waals surface area contributed by atoms with Gasteiger partial charge < -0.3 is 15.3 Å². The lowest BCUT2D eigenvalue weighted by Crippen LogP contribution is -2.58. The SMILES string of the molecule is O=S1CC(F)(F)c2nc(N3CC4(CCC(c5ccc(Cl)cc5)CC4)C3)nc(NC3(CO)CCC3)c21. The molecule has 1 unspecified atom stereocenters. The Bertz CT molecular complexity index is 1150. The molecule has 4 aliphatic rings. The lowest BCUT2D eigenvalue weighted by atomic mass is 9.65. The van der Waals surface area contributed by atoms with Crippen molar-refractivity contribution < 1.29 is 18.1 Å². The summed E-state index contributed by atoms with van der Waals surface area (Å²) in [6.07, 6.45) is 6.71. The molecule has 1 spiro atoms. The molecule has 1 saturated heterocycles. The molecule has 0 radical (unpaired) electrons. The van der Waals surface area contributed by atoms with Crippen molar-refractivity contribution >= 4 is 34.2 Å². The molecule has 2 aliphatic carbocycles. The van der Waals surface area contributed by atoms with Gasteiger partial charge >= 0.3 is 5.92 Å². The van der Waals surface area contributed by atoms with E-state index in [0.29, 0.717) is 5.92 Å². The lowest BCUT2D eigenvalue weighted by Gasteiger charge is -2.53. The predicted molar refractivity (Wildman–Crippen MR) is 132 cm³/mol. The Balaban J connectivity index is 1.21. The van der Waals surface area contributed by atoms with Gasteiger partial charge in [0.2, 0.25) is 5.95 Å². The molecule has 0 amide bonds. The van der Waals surface area contributed by atoms with E-state index in [4.69, 9.17) is 11.6 Å². The average Bonchev–Trinajstić information content (AvgIpc) is 3.03. The summed E-state index contributed by atoms with van der Waals surface area (Å²) in [7, 11) is -1.88. The third kappa shape index (κ3) is 4.03. The number of aliphatic hydroxyl groups is 1. The minimum atomic E-state index is -3.25. The molecule has 1 aromatic heterocycles. The third-order valence-electron chi connectivity index (χ3n) is 8.46. The second-order valence-electron chi connectivity index (χ2n) is 10.8. The van der Waals surface area contributed by atoms with Crippen molar-refractivity contribution in [1.82, 2.24) is 9.97 Å². The Morgan fingerprint density at radius 2 is 1.80 bits per heavy atom. The number of halogens is 3. The van der Waals surface area contributed by atoms with Crippen molar-refractivity contribution in [2.75, 3.05) is 35.7 Å². The molecular formula is C25H29ClF2N4O2S. The van der Waals surface area contributed by atoms with Gasteiger partial charge in [-0.1, -0.05) is 23.7 Å². The van der Waals surface area contributed by atoms with Gasteiger partial charge in [-0.2, -0.15) is 13.8 Å². The Morgan fingerprint density at radius 1 is 1.11 bits per heavy atom. The number of aliphatic hydroxyl groups excluding tert-OH is 1. The summed E-state index contributed by atoms with van der Waals surface area (Å²) in [5.74, 6) is -3.04. The van der Waals surface area contributed by atoms with E-state index < -0.39 is 33.7 Å². The van der Waals surface area contributed by atoms with E-state index in [0.717, 1.165) is 63.1 Å². The number of nitrogens with one attached hydrogen (secondary N) is 1. The molecule has 6 nitrogen and oxygen atoms in total. The van der Waals surface area contributed by atoms with Crippen molar-refractivity contribution in [1.29, 1.82) is 0 Å². The van der Waals surface area contributed by atoms with Crippen LogP contribution in [0.2, 0.25) is 5.02 Å². The largest absolute Gasteiger partial charge is 0.394 e. The lowest BCUT2D eigenvalue weighted by molar-refractivity contribution is 0.0190. The topological polar surface area (TPSA) is 78.4 Å². The number of aromatic nitrogens is 2. The highest BCUT2D eigenvalue weighted by molar-refractivity contribution is 7.85. The van der Waals surface area contributed by atoms with Gasteiger partial charge in [-0.3, -0.25) is 4.21 Å². The van der Waals surface area contributed by atoms with E-state index in [1.54, 1.807) is 0 Å². The molecule has 1 aromatic carbocycles. The van der Waals surface area contributed by atoms with E-state index >= 15 is 0 Å². The van der Waals surface area contributed by atoms with Crippen molar-refractivity contribution in [3.8, 4) is 0 Å². The van der Waals surface area contributed by atoms with Crippen LogP contribution < -0.4 is 10.2 Å². The first-order valence-corrected chi connectivity index (χ1v) is 14.0. The van der Waals surface area contributed by atoms with Crippen LogP contribution in [0.4, 0.5) is 20.5 Å². The van der Waals surface area contributed by atoms with Crippen LogP contribution in [0.5, 0.6) is 0 Å². The van der Waals surface area contributed by atoms with Gasteiger partial charge in [-0.05, 0) is 68.6 Å². The summed E-state index contributed by atoms with van der Waals surface area (Å²) < 4.78 is 42.1. The zero-order valence-electron chi connectivity index (χ0n) is 19.4. The van der Waals surface area contributed by atoms with Crippen LogP contribution in [-0.4, -0.2) is 50.3 Å². The Hall–Kier alpha value is -1.84. The van der Waals surface area contributed by atoms with Crippen molar-refractivity contribution in [3.05, 3.63) is 40.5 Å². The van der Waals surface area contributed by atoms with E-state index in [1.165, 1.54) is 5.56 Å². The number of anilines is 2. The molecule has 2 saturated carbocycles. The number of hydrogen-bond acceptors (Lipinski definition) is 6. The zero-order valence-corrected chi connectivity index (χ0v) is 21.0. The molecule has 3 fully saturated rings. The number of nitrogens with zero attached hydrogens (tertiary/aromatic N) is 3. The van der Waals surface area contributed by atoms with Crippen LogP contribution in [-0.2, 0) is 16.7 Å². The predicted octanol–water partition coefficient (Wildman–Crippen LogP) is 4.83. The first-order chi connectivity index (χ1) is 16.7. The first-order valence-electron chi connectivity index (χ1n) is 12.3. The fourth-order valence-electron chi connectivity index (χ4n) is 6.13. The highest BCUT2D eigenvalue weighted by Crippen LogP contribution is 2.50. The molecule has 35 heavy (non-hydrogen) atoms. The van der Waals surface area contributed by atoms with Crippen LogP contribution in [0.3, 0.4) is 0 Å². The molecule has 6 rings (SSSR count). The summed E-state index contributed by atoms with van der Waals surface area (Å²) in [4.78, 5) is 10.8. The van der Waals surface area contributed by atoms with Crippen molar-refractivity contribution in [2.24, 2.45) is 5.41 Å². The highest BCUT2D eigenvalue weighted by Gasteiger charge is 2.51. The number of rotatable bonds is 5.